The van der Waals surface area contributed by atoms with E-state index in [1.807, 2.05) is 25.1 Å². The van der Waals surface area contributed by atoms with Crippen LogP contribution in [0.1, 0.15) is 12.5 Å². The van der Waals surface area contributed by atoms with Gasteiger partial charge in [-0.25, -0.2) is 0 Å². The van der Waals surface area contributed by atoms with Gasteiger partial charge in [-0.2, -0.15) is 0 Å². The topological polar surface area (TPSA) is 0 Å². The van der Waals surface area contributed by atoms with Gasteiger partial charge in [0, 0.05) is 10.0 Å². The zero-order valence-electron chi connectivity index (χ0n) is 12.0. The fourth-order valence-electron chi connectivity index (χ4n) is 0.870. The van der Waals surface area contributed by atoms with Crippen LogP contribution in [0.25, 0.3) is 0 Å². The average molecular weight is 435 g/mol. The third kappa shape index (κ3) is 45.1. The minimum Gasteiger partial charge on any atom is -0.418 e. The van der Waals surface area contributed by atoms with Gasteiger partial charge in [-0.3, -0.25) is 0 Å². The van der Waals surface area contributed by atoms with Crippen LogP contribution in [0.3, 0.4) is 0 Å². The van der Waals surface area contributed by atoms with Gasteiger partial charge in [-0.15, -0.1) is 0 Å². The summed E-state index contributed by atoms with van der Waals surface area (Å²) in [5.74, 6) is 0. The molecule has 0 saturated heterocycles. The molecule has 0 aliphatic heterocycles. The van der Waals surface area contributed by atoms with E-state index in [1.165, 1.54) is 0 Å². The lowest BCUT2D eigenvalue weighted by Crippen LogP contribution is -2.02. The summed E-state index contributed by atoms with van der Waals surface area (Å²) in [5.41, 5.74) is 1.03. The molecule has 0 aliphatic rings. The zero-order valence-corrected chi connectivity index (χ0v) is 13.5. The van der Waals surface area contributed by atoms with E-state index >= 15 is 0 Å². The monoisotopic (exact) mass is 435 g/mol. The maximum atomic E-state index is 9.75. The van der Waals surface area contributed by atoms with E-state index in [9.17, 15) is 51.8 Å². The predicted octanol–water partition coefficient (Wildman–Crippen LogP) is 7.46. The lowest BCUT2D eigenvalue weighted by Gasteiger charge is -2.01. The average Bonchev–Trinajstić information content (AvgIpc) is 2.21. The SMILES string of the molecule is CCc1c(Cl)cccc1Cl.F[B-](F)(F)F.F[B-](F)(F)F.F[B-](F)(F)F. The molecule has 0 saturated carbocycles. The van der Waals surface area contributed by atoms with Crippen LogP contribution in [0.4, 0.5) is 51.8 Å². The fraction of sp³-hybridized carbons (Fsp3) is 0.250. The molecule has 1 aromatic rings. The standard InChI is InChI=1S/C8H8Cl2.3BF4/c1-2-6-7(9)4-3-5-8(6)10;3*2-1(3,4)5/h3-5H,2H2,1H3;;;/q;3*-1. The Morgan fingerprint density at radius 2 is 0.840 bits per heavy atom. The number of halogens is 14. The highest BCUT2D eigenvalue weighted by Gasteiger charge is 2.21. The Hall–Kier alpha value is -0.845. The van der Waals surface area contributed by atoms with Crippen molar-refractivity contribution in [1.29, 1.82) is 0 Å². The number of benzene rings is 1. The summed E-state index contributed by atoms with van der Waals surface area (Å²) in [6.07, 6.45) is 0.887. The minimum absolute atomic E-state index is 0.759. The van der Waals surface area contributed by atoms with E-state index in [1.54, 1.807) is 0 Å². The highest BCUT2D eigenvalue weighted by atomic mass is 35.5. The molecule has 0 atom stereocenters. The molecule has 0 aromatic heterocycles. The summed E-state index contributed by atoms with van der Waals surface area (Å²) in [6.45, 7) is 2.03. The molecule has 1 aromatic carbocycles. The summed E-state index contributed by atoms with van der Waals surface area (Å²) in [7, 11) is -18.0. The van der Waals surface area contributed by atoms with Gasteiger partial charge >= 0.3 is 21.8 Å². The van der Waals surface area contributed by atoms with Crippen molar-refractivity contribution >= 4 is 45.0 Å². The summed E-state index contributed by atoms with van der Waals surface area (Å²) in [4.78, 5) is 0. The number of hydrogen-bond donors (Lipinski definition) is 0. The largest absolute Gasteiger partial charge is 0.673 e. The molecule has 17 heteroatoms. The fourth-order valence-corrected chi connectivity index (χ4v) is 1.53. The normalized spacial score (nSPS) is 11.2. The highest BCUT2D eigenvalue weighted by molar-refractivity contribution is 6.50. The second-order valence-electron chi connectivity index (χ2n) is 3.54. The van der Waals surface area contributed by atoms with Crippen molar-refractivity contribution in [2.75, 3.05) is 0 Å². The van der Waals surface area contributed by atoms with Gasteiger partial charge in [0.25, 0.3) is 0 Å². The van der Waals surface area contributed by atoms with Crippen molar-refractivity contribution in [2.45, 2.75) is 13.3 Å². The van der Waals surface area contributed by atoms with Crippen LogP contribution in [0, 0.1) is 0 Å². The summed E-state index contributed by atoms with van der Waals surface area (Å²) < 4.78 is 117. The zero-order chi connectivity index (χ0) is 21.1. The molecular formula is C8H8B3Cl2F12-3. The Kier molecular flexibility index (Phi) is 14.5. The second kappa shape index (κ2) is 12.5. The van der Waals surface area contributed by atoms with Crippen molar-refractivity contribution in [3.05, 3.63) is 33.8 Å². The number of hydrogen-bond acceptors (Lipinski definition) is 0. The molecule has 0 aliphatic carbocycles. The maximum Gasteiger partial charge on any atom is 0.673 e. The smallest absolute Gasteiger partial charge is 0.418 e. The summed E-state index contributed by atoms with van der Waals surface area (Å²) >= 11 is 11.7. The van der Waals surface area contributed by atoms with Crippen molar-refractivity contribution in [1.82, 2.24) is 0 Å². The Balaban J connectivity index is -0.000000279. The molecule has 0 nitrogen and oxygen atoms in total. The molecule has 0 fully saturated rings. The molecular weight excluding hydrogens is 427 g/mol. The Bertz CT molecular complexity index is 406. The third-order valence-electron chi connectivity index (χ3n) is 1.42. The van der Waals surface area contributed by atoms with Crippen LogP contribution in [0.5, 0.6) is 0 Å². The molecule has 150 valence electrons. The predicted molar refractivity (Wildman–Crippen MR) is 76.4 cm³/mol. The van der Waals surface area contributed by atoms with Gasteiger partial charge in [0.05, 0.1) is 0 Å². The first kappa shape index (κ1) is 28.9. The Morgan fingerprint density at radius 1 is 0.640 bits per heavy atom. The van der Waals surface area contributed by atoms with Crippen LogP contribution < -0.4 is 0 Å². The molecule has 0 N–H and O–H groups in total. The minimum atomic E-state index is -6.00. The maximum absolute atomic E-state index is 9.75. The molecule has 0 unspecified atom stereocenters. The summed E-state index contributed by atoms with van der Waals surface area (Å²) in [5, 5.41) is 1.52. The highest BCUT2D eigenvalue weighted by Crippen LogP contribution is 2.24. The molecule has 0 radical (unpaired) electrons. The first-order valence-corrected chi connectivity index (χ1v) is 6.56. The molecule has 0 heterocycles. The Morgan fingerprint density at radius 3 is 0.960 bits per heavy atom. The number of rotatable bonds is 1. The first-order valence-electron chi connectivity index (χ1n) is 5.80. The second-order valence-corrected chi connectivity index (χ2v) is 4.35. The van der Waals surface area contributed by atoms with Gasteiger partial charge in [-0.05, 0) is 24.1 Å². The summed E-state index contributed by atoms with van der Waals surface area (Å²) in [6, 6.07) is 5.56. The third-order valence-corrected chi connectivity index (χ3v) is 2.12. The molecule has 0 spiro atoms. The molecule has 25 heavy (non-hydrogen) atoms. The quantitative estimate of drug-likeness (QED) is 0.317. The molecule has 1 rings (SSSR count). The lowest BCUT2D eigenvalue weighted by molar-refractivity contribution is 0.366. The van der Waals surface area contributed by atoms with E-state index in [4.69, 9.17) is 23.2 Å². The lowest BCUT2D eigenvalue weighted by atomic mass is 10.2. The van der Waals surface area contributed by atoms with Crippen LogP contribution in [0.15, 0.2) is 18.2 Å². The van der Waals surface area contributed by atoms with Gasteiger partial charge in [0.2, 0.25) is 0 Å². The van der Waals surface area contributed by atoms with Crippen LogP contribution >= 0.6 is 23.2 Å². The first-order chi connectivity index (χ1) is 10.8. The van der Waals surface area contributed by atoms with E-state index in [-0.39, 0.29) is 0 Å². The van der Waals surface area contributed by atoms with Crippen LogP contribution in [-0.2, 0) is 6.42 Å². The van der Waals surface area contributed by atoms with Gasteiger partial charge in [0.1, 0.15) is 0 Å². The van der Waals surface area contributed by atoms with E-state index in [2.05, 4.69) is 0 Å². The van der Waals surface area contributed by atoms with Crippen molar-refractivity contribution in [2.24, 2.45) is 0 Å². The van der Waals surface area contributed by atoms with Gasteiger partial charge in [0.15, 0.2) is 0 Å². The van der Waals surface area contributed by atoms with E-state index in [0.717, 1.165) is 22.0 Å². The molecule has 0 amide bonds. The van der Waals surface area contributed by atoms with Crippen molar-refractivity contribution in [3.8, 4) is 0 Å². The van der Waals surface area contributed by atoms with Crippen molar-refractivity contribution < 1.29 is 51.8 Å². The van der Waals surface area contributed by atoms with Crippen LogP contribution in [-0.4, -0.2) is 21.8 Å². The Labute approximate surface area is 144 Å². The van der Waals surface area contributed by atoms with E-state index in [0.29, 0.717) is 0 Å². The molecule has 0 bridgehead atoms. The van der Waals surface area contributed by atoms with E-state index < -0.39 is 21.8 Å². The van der Waals surface area contributed by atoms with Crippen molar-refractivity contribution in [3.63, 3.8) is 0 Å². The van der Waals surface area contributed by atoms with Gasteiger partial charge < -0.3 is 51.8 Å². The van der Waals surface area contributed by atoms with Crippen LogP contribution in [0.2, 0.25) is 10.0 Å². The van der Waals surface area contributed by atoms with Gasteiger partial charge in [-0.1, -0.05) is 36.2 Å².